The highest BCUT2D eigenvalue weighted by Crippen LogP contribution is 2.31. The number of furan rings is 1. The molecule has 0 radical (unpaired) electrons. The highest BCUT2D eigenvalue weighted by atomic mass is 19.4. The molecule has 170 valence electrons. The second-order valence-corrected chi connectivity index (χ2v) is 7.59. The summed E-state index contributed by atoms with van der Waals surface area (Å²) in [5.41, 5.74) is -0.0625. The summed E-state index contributed by atoms with van der Waals surface area (Å²) in [7, 11) is 0. The largest absolute Gasteiger partial charge is 0.490 e. The molecule has 2 fully saturated rings. The molecule has 0 aliphatic carbocycles. The van der Waals surface area contributed by atoms with Crippen LogP contribution in [0.25, 0.3) is 0 Å². The van der Waals surface area contributed by atoms with Gasteiger partial charge in [-0.15, -0.1) is 0 Å². The maximum absolute atomic E-state index is 10.6. The van der Waals surface area contributed by atoms with Crippen LogP contribution in [-0.2, 0) is 16.1 Å². The second-order valence-electron chi connectivity index (χ2n) is 7.59. The Kier molecular flexibility index (Phi) is 7.16. The van der Waals surface area contributed by atoms with Crippen molar-refractivity contribution in [2.24, 2.45) is 0 Å². The molecule has 2 saturated heterocycles. The van der Waals surface area contributed by atoms with Gasteiger partial charge in [-0.05, 0) is 38.0 Å². The van der Waals surface area contributed by atoms with Crippen molar-refractivity contribution in [2.45, 2.75) is 38.1 Å². The molecule has 4 rings (SSSR count). The number of anilines is 1. The number of likely N-dealkylation sites (tertiary alicyclic amines) is 1. The van der Waals surface area contributed by atoms with E-state index in [0.29, 0.717) is 0 Å². The lowest BCUT2D eigenvalue weighted by Crippen LogP contribution is -2.57. The van der Waals surface area contributed by atoms with E-state index in [1.54, 1.807) is 12.4 Å². The number of morpholine rings is 1. The first-order valence-electron chi connectivity index (χ1n) is 9.91. The van der Waals surface area contributed by atoms with Gasteiger partial charge in [0.05, 0.1) is 25.3 Å². The van der Waals surface area contributed by atoms with E-state index in [4.69, 9.17) is 19.1 Å². The van der Waals surface area contributed by atoms with Gasteiger partial charge in [0.2, 0.25) is 5.95 Å². The van der Waals surface area contributed by atoms with Crippen LogP contribution in [0.2, 0.25) is 0 Å². The quantitative estimate of drug-likeness (QED) is 0.776. The first kappa shape index (κ1) is 23.0. The number of hydrogen-bond acceptors (Lipinski definition) is 7. The molecule has 1 spiro atoms. The molecule has 31 heavy (non-hydrogen) atoms. The minimum atomic E-state index is -5.08. The Morgan fingerprint density at radius 1 is 1.19 bits per heavy atom. The number of aryl methyl sites for hydroxylation is 1. The molecule has 0 amide bonds. The molecule has 0 atom stereocenters. The molecule has 2 aromatic rings. The lowest BCUT2D eigenvalue weighted by molar-refractivity contribution is -0.192. The van der Waals surface area contributed by atoms with Gasteiger partial charge in [0, 0.05) is 32.0 Å². The Morgan fingerprint density at radius 3 is 2.39 bits per heavy atom. The third kappa shape index (κ3) is 6.41. The van der Waals surface area contributed by atoms with Gasteiger partial charge < -0.3 is 19.2 Å². The molecule has 0 aromatic carbocycles. The number of ether oxygens (including phenoxy) is 1. The third-order valence-electron chi connectivity index (χ3n) is 5.27. The molecule has 0 bridgehead atoms. The van der Waals surface area contributed by atoms with Crippen LogP contribution in [-0.4, -0.2) is 70.5 Å². The van der Waals surface area contributed by atoms with Gasteiger partial charge in [0.1, 0.15) is 11.5 Å². The zero-order chi connectivity index (χ0) is 22.5. The van der Waals surface area contributed by atoms with Crippen LogP contribution in [0.5, 0.6) is 0 Å². The zero-order valence-corrected chi connectivity index (χ0v) is 17.1. The minimum absolute atomic E-state index is 0.0625. The van der Waals surface area contributed by atoms with Gasteiger partial charge in [0.15, 0.2) is 0 Å². The monoisotopic (exact) mass is 442 g/mol. The van der Waals surface area contributed by atoms with Crippen LogP contribution in [0, 0.1) is 6.92 Å². The Hall–Kier alpha value is -2.66. The average Bonchev–Trinajstić information content (AvgIpc) is 3.15. The summed E-state index contributed by atoms with van der Waals surface area (Å²) in [4.78, 5) is 22.4. The molecule has 1 N–H and O–H groups in total. The number of hydrogen-bond donors (Lipinski definition) is 1. The van der Waals surface area contributed by atoms with Crippen molar-refractivity contribution >= 4 is 11.9 Å². The number of carboxylic acid groups (broad SMARTS) is 1. The molecule has 2 aliphatic heterocycles. The van der Waals surface area contributed by atoms with Crippen LogP contribution in [0.3, 0.4) is 0 Å². The van der Waals surface area contributed by atoms with E-state index in [-0.39, 0.29) is 5.60 Å². The smallest absolute Gasteiger partial charge is 0.475 e. The van der Waals surface area contributed by atoms with Gasteiger partial charge in [-0.1, -0.05) is 0 Å². The number of piperidine rings is 1. The number of carbonyl (C=O) groups is 1. The van der Waals surface area contributed by atoms with Crippen molar-refractivity contribution in [3.8, 4) is 0 Å². The summed E-state index contributed by atoms with van der Waals surface area (Å²) in [6.07, 6.45) is 0.600. The molecule has 2 aliphatic rings. The Bertz CT molecular complexity index is 852. The van der Waals surface area contributed by atoms with Gasteiger partial charge in [-0.3, -0.25) is 4.90 Å². The maximum atomic E-state index is 10.6. The predicted octanol–water partition coefficient (Wildman–Crippen LogP) is 2.88. The van der Waals surface area contributed by atoms with Crippen molar-refractivity contribution in [1.29, 1.82) is 0 Å². The van der Waals surface area contributed by atoms with E-state index >= 15 is 0 Å². The lowest BCUT2D eigenvalue weighted by atomic mass is 9.89. The van der Waals surface area contributed by atoms with Crippen LogP contribution < -0.4 is 4.90 Å². The van der Waals surface area contributed by atoms with Gasteiger partial charge in [-0.2, -0.15) is 13.2 Å². The van der Waals surface area contributed by atoms with Gasteiger partial charge in [0.25, 0.3) is 0 Å². The van der Waals surface area contributed by atoms with Crippen LogP contribution in [0.1, 0.15) is 24.4 Å². The number of carboxylic acids is 1. The molecule has 4 heterocycles. The molecule has 0 saturated carbocycles. The number of nitrogens with zero attached hydrogens (tertiary/aromatic N) is 4. The van der Waals surface area contributed by atoms with Gasteiger partial charge in [-0.25, -0.2) is 14.8 Å². The Balaban J connectivity index is 0.000000339. The second kappa shape index (κ2) is 9.65. The number of aromatic nitrogens is 2. The maximum Gasteiger partial charge on any atom is 0.490 e. The van der Waals surface area contributed by atoms with E-state index in [0.717, 1.165) is 69.6 Å². The van der Waals surface area contributed by atoms with E-state index in [9.17, 15) is 13.2 Å². The van der Waals surface area contributed by atoms with E-state index in [1.165, 1.54) is 0 Å². The van der Waals surface area contributed by atoms with Crippen molar-refractivity contribution in [3.05, 3.63) is 42.1 Å². The molecule has 0 unspecified atom stereocenters. The van der Waals surface area contributed by atoms with Crippen LogP contribution >= 0.6 is 0 Å². The first-order valence-corrected chi connectivity index (χ1v) is 9.91. The first-order chi connectivity index (χ1) is 14.7. The number of halogens is 3. The molecule has 11 heteroatoms. The van der Waals surface area contributed by atoms with Crippen molar-refractivity contribution in [3.63, 3.8) is 0 Å². The fourth-order valence-electron chi connectivity index (χ4n) is 3.68. The van der Waals surface area contributed by atoms with Crippen molar-refractivity contribution < 1.29 is 32.2 Å². The highest BCUT2D eigenvalue weighted by Gasteiger charge is 2.40. The summed E-state index contributed by atoms with van der Waals surface area (Å²) >= 11 is 0. The Morgan fingerprint density at radius 2 is 1.84 bits per heavy atom. The molecular formula is C20H25F3N4O4. The summed E-state index contributed by atoms with van der Waals surface area (Å²) in [6, 6.07) is 5.96. The normalized spacial score (nSPS) is 19.0. The fourth-order valence-corrected chi connectivity index (χ4v) is 3.68. The predicted molar refractivity (Wildman–Crippen MR) is 105 cm³/mol. The average molecular weight is 442 g/mol. The van der Waals surface area contributed by atoms with E-state index in [1.807, 2.05) is 19.1 Å². The summed E-state index contributed by atoms with van der Waals surface area (Å²) in [5.74, 6) is 0.0843. The summed E-state index contributed by atoms with van der Waals surface area (Å²) in [6.45, 7) is 7.42. The highest BCUT2D eigenvalue weighted by molar-refractivity contribution is 5.73. The number of alkyl halides is 3. The van der Waals surface area contributed by atoms with Crippen molar-refractivity contribution in [2.75, 3.05) is 37.7 Å². The van der Waals surface area contributed by atoms with Gasteiger partial charge >= 0.3 is 12.1 Å². The van der Waals surface area contributed by atoms with E-state index < -0.39 is 12.1 Å². The number of rotatable bonds is 3. The van der Waals surface area contributed by atoms with Crippen LogP contribution in [0.15, 0.2) is 35.0 Å². The SMILES string of the molecule is Cc1ccc(CN2CCC3(CC2)CN(c2ncccn2)CCO3)o1.O=C(O)C(F)(F)F. The third-order valence-corrected chi connectivity index (χ3v) is 5.27. The fraction of sp³-hybridized carbons (Fsp3) is 0.550. The Labute approximate surface area is 177 Å². The number of aliphatic carboxylic acids is 1. The lowest BCUT2D eigenvalue weighted by Gasteiger charge is -2.47. The van der Waals surface area contributed by atoms with Crippen LogP contribution in [0.4, 0.5) is 19.1 Å². The summed E-state index contributed by atoms with van der Waals surface area (Å²) in [5, 5.41) is 7.12. The topological polar surface area (TPSA) is 91.9 Å². The molecular weight excluding hydrogens is 417 g/mol. The minimum Gasteiger partial charge on any atom is -0.475 e. The molecule has 8 nitrogen and oxygen atoms in total. The molecule has 2 aromatic heterocycles. The zero-order valence-electron chi connectivity index (χ0n) is 17.1. The summed E-state index contributed by atoms with van der Waals surface area (Å²) < 4.78 is 43.7. The van der Waals surface area contributed by atoms with E-state index in [2.05, 4.69) is 25.8 Å². The standard InChI is InChI=1S/C18H24N4O2.C2HF3O2/c1-15-3-4-16(24-15)13-21-9-5-18(6-10-21)14-22(11-12-23-18)17-19-7-2-8-20-17;3-2(4,5)1(6)7/h2-4,7-8H,5-6,9-14H2,1H3;(H,6,7). The van der Waals surface area contributed by atoms with Crippen molar-refractivity contribution in [1.82, 2.24) is 14.9 Å².